The molecule has 5 unspecified atom stereocenters. The Balaban J connectivity index is 1.61. The van der Waals surface area contributed by atoms with Gasteiger partial charge in [0.25, 0.3) is 5.92 Å². The molecule has 0 bridgehead atoms. The minimum absolute atomic E-state index is 0.00278. The molecule has 3 aromatic rings. The second kappa shape index (κ2) is 9.78. The van der Waals surface area contributed by atoms with Gasteiger partial charge in [-0.3, -0.25) is 4.90 Å². The van der Waals surface area contributed by atoms with Crippen molar-refractivity contribution in [2.45, 2.75) is 42.0 Å². The van der Waals surface area contributed by atoms with Crippen LogP contribution >= 0.6 is 0 Å². The Morgan fingerprint density at radius 2 is 1.85 bits per heavy atom. The van der Waals surface area contributed by atoms with Crippen LogP contribution in [0, 0.1) is 28.6 Å². The average molecular weight is 559 g/mol. The number of benzene rings is 2. The first-order chi connectivity index (χ1) is 19.7. The summed E-state index contributed by atoms with van der Waals surface area (Å²) >= 11 is 0. The first-order valence-corrected chi connectivity index (χ1v) is 13.4. The second-order valence-electron chi connectivity index (χ2n) is 11.0. The lowest BCUT2D eigenvalue weighted by Crippen LogP contribution is -2.52. The van der Waals surface area contributed by atoms with Gasteiger partial charge in [0, 0.05) is 30.9 Å². The Bertz CT molecular complexity index is 1560. The van der Waals surface area contributed by atoms with Crippen molar-refractivity contribution in [1.82, 2.24) is 9.88 Å². The number of piperidine rings is 1. The van der Waals surface area contributed by atoms with E-state index < -0.39 is 41.6 Å². The standard InChI is InChI=1S/C31H28F2N4O4/c1-40-28-26-24(14-22(16-35)36-28)41-31(21-10-8-19(15-34)9-11-21)25(20-6-3-2-4-7-20)23(27(38)30(26,31)39)17-37-13-5-12-29(32,33)18-37/h2-4,6-11,14,23,25,27,38-39H,5,12-13,17-18H2,1H3. The topological polar surface area (TPSA) is 123 Å². The maximum Gasteiger partial charge on any atom is 0.260 e. The SMILES string of the molecule is COc1nc(C#N)cc2c1C1(O)C(O)C(CN3CCCC(F)(F)C3)C(c3ccccc3)C1(c1ccc(C#N)cc1)O2. The molecule has 3 aliphatic rings. The van der Waals surface area contributed by atoms with E-state index in [-0.39, 0.29) is 35.9 Å². The van der Waals surface area contributed by atoms with Crippen LogP contribution in [0.4, 0.5) is 8.78 Å². The van der Waals surface area contributed by atoms with Gasteiger partial charge >= 0.3 is 0 Å². The smallest absolute Gasteiger partial charge is 0.260 e. The largest absolute Gasteiger partial charge is 0.481 e. The summed E-state index contributed by atoms with van der Waals surface area (Å²) in [5.74, 6) is -4.31. The van der Waals surface area contributed by atoms with E-state index in [1.165, 1.54) is 13.2 Å². The fourth-order valence-corrected chi connectivity index (χ4v) is 7.13. The van der Waals surface area contributed by atoms with Gasteiger partial charge in [-0.25, -0.2) is 13.8 Å². The molecule has 2 N–H and O–H groups in total. The van der Waals surface area contributed by atoms with Gasteiger partial charge in [-0.15, -0.1) is 0 Å². The maximum atomic E-state index is 14.5. The van der Waals surface area contributed by atoms with E-state index in [4.69, 9.17) is 9.47 Å². The highest BCUT2D eigenvalue weighted by Crippen LogP contribution is 2.69. The zero-order valence-electron chi connectivity index (χ0n) is 22.3. The molecule has 10 heteroatoms. The molecule has 3 heterocycles. The van der Waals surface area contributed by atoms with Crippen molar-refractivity contribution in [2.24, 2.45) is 5.92 Å². The lowest BCUT2D eigenvalue weighted by atomic mass is 9.70. The third-order valence-electron chi connectivity index (χ3n) is 8.72. The molecule has 8 nitrogen and oxygen atoms in total. The molecule has 2 fully saturated rings. The molecule has 210 valence electrons. The summed E-state index contributed by atoms with van der Waals surface area (Å²) in [7, 11) is 1.35. The number of aliphatic hydroxyl groups is 2. The number of alkyl halides is 2. The maximum absolute atomic E-state index is 14.5. The number of ether oxygens (including phenoxy) is 2. The average Bonchev–Trinajstić information content (AvgIpc) is 3.34. The van der Waals surface area contributed by atoms with E-state index in [9.17, 15) is 29.5 Å². The van der Waals surface area contributed by atoms with Crippen LogP contribution in [0.15, 0.2) is 60.7 Å². The summed E-state index contributed by atoms with van der Waals surface area (Å²) in [6.45, 7) is 0.0473. The highest BCUT2D eigenvalue weighted by Gasteiger charge is 2.77. The molecule has 1 aromatic heterocycles. The zero-order chi connectivity index (χ0) is 29.0. The van der Waals surface area contributed by atoms with Gasteiger partial charge in [-0.2, -0.15) is 10.5 Å². The molecule has 6 rings (SSSR count). The number of halogens is 2. The molecule has 1 saturated heterocycles. The number of aliphatic hydroxyl groups excluding tert-OH is 1. The van der Waals surface area contributed by atoms with Crippen molar-refractivity contribution in [3.05, 3.63) is 88.6 Å². The quantitative estimate of drug-likeness (QED) is 0.485. The van der Waals surface area contributed by atoms with E-state index >= 15 is 0 Å². The van der Waals surface area contributed by atoms with E-state index in [0.29, 0.717) is 24.1 Å². The summed E-state index contributed by atoms with van der Waals surface area (Å²) in [5, 5.41) is 44.1. The van der Waals surface area contributed by atoms with E-state index in [1.54, 1.807) is 29.2 Å². The number of fused-ring (bicyclic) bond motifs is 3. The minimum atomic E-state index is -2.86. The summed E-state index contributed by atoms with van der Waals surface area (Å²) in [4.78, 5) is 5.88. The van der Waals surface area contributed by atoms with Gasteiger partial charge in [-0.1, -0.05) is 42.5 Å². The summed E-state index contributed by atoms with van der Waals surface area (Å²) < 4.78 is 41.2. The third kappa shape index (κ3) is 3.98. The molecule has 0 radical (unpaired) electrons. The lowest BCUT2D eigenvalue weighted by Gasteiger charge is -2.41. The normalized spacial score (nSPS) is 30.0. The molecule has 41 heavy (non-hydrogen) atoms. The van der Waals surface area contributed by atoms with Gasteiger partial charge in [0.1, 0.15) is 17.5 Å². The van der Waals surface area contributed by atoms with Crippen molar-refractivity contribution in [1.29, 1.82) is 10.5 Å². The monoisotopic (exact) mass is 558 g/mol. The lowest BCUT2D eigenvalue weighted by molar-refractivity contribution is -0.153. The summed E-state index contributed by atoms with van der Waals surface area (Å²) in [6.07, 6.45) is -1.40. The Hall–Kier alpha value is -4.09. The van der Waals surface area contributed by atoms with Crippen LogP contribution in [-0.2, 0) is 11.2 Å². The first-order valence-electron chi connectivity index (χ1n) is 13.4. The Morgan fingerprint density at radius 1 is 1.12 bits per heavy atom. The van der Waals surface area contributed by atoms with Gasteiger partial charge < -0.3 is 19.7 Å². The Labute approximate surface area is 236 Å². The van der Waals surface area contributed by atoms with Crippen LogP contribution in [0.25, 0.3) is 0 Å². The van der Waals surface area contributed by atoms with E-state index in [1.807, 2.05) is 36.4 Å². The number of rotatable bonds is 5. The molecular weight excluding hydrogens is 530 g/mol. The van der Waals surface area contributed by atoms with Crippen molar-refractivity contribution < 1.29 is 28.5 Å². The van der Waals surface area contributed by atoms with Crippen molar-refractivity contribution in [2.75, 3.05) is 26.7 Å². The number of nitrogens with zero attached hydrogens (tertiary/aromatic N) is 4. The Kier molecular flexibility index (Phi) is 6.46. The van der Waals surface area contributed by atoms with Crippen LogP contribution in [-0.4, -0.2) is 58.9 Å². The molecule has 2 aliphatic heterocycles. The predicted octanol–water partition coefficient (Wildman–Crippen LogP) is 3.81. The van der Waals surface area contributed by atoms with Crippen LogP contribution in [0.3, 0.4) is 0 Å². The van der Waals surface area contributed by atoms with E-state index in [0.717, 1.165) is 5.56 Å². The molecule has 1 saturated carbocycles. The number of aromatic nitrogens is 1. The highest BCUT2D eigenvalue weighted by molar-refractivity contribution is 5.60. The molecule has 0 amide bonds. The number of pyridine rings is 1. The summed E-state index contributed by atoms with van der Waals surface area (Å²) in [6, 6.07) is 21.2. The first kappa shape index (κ1) is 27.1. The van der Waals surface area contributed by atoms with Crippen LogP contribution in [0.2, 0.25) is 0 Å². The predicted molar refractivity (Wildman–Crippen MR) is 142 cm³/mol. The van der Waals surface area contributed by atoms with Crippen molar-refractivity contribution >= 4 is 0 Å². The fraction of sp³-hybridized carbons (Fsp3) is 0.387. The number of nitriles is 2. The number of likely N-dealkylation sites (tertiary alicyclic amines) is 1. The van der Waals surface area contributed by atoms with Gasteiger partial charge in [0.15, 0.2) is 11.2 Å². The molecule has 5 atom stereocenters. The summed E-state index contributed by atoms with van der Waals surface area (Å²) in [5.41, 5.74) is -2.18. The number of hydrogen-bond donors (Lipinski definition) is 2. The highest BCUT2D eigenvalue weighted by atomic mass is 19.3. The van der Waals surface area contributed by atoms with E-state index in [2.05, 4.69) is 11.1 Å². The van der Waals surface area contributed by atoms with Gasteiger partial charge in [0.05, 0.1) is 37.0 Å². The zero-order valence-corrected chi connectivity index (χ0v) is 22.3. The fourth-order valence-electron chi connectivity index (χ4n) is 7.13. The van der Waals surface area contributed by atoms with Crippen LogP contribution in [0.5, 0.6) is 11.6 Å². The molecule has 1 aliphatic carbocycles. The van der Waals surface area contributed by atoms with Gasteiger partial charge in [0.2, 0.25) is 5.88 Å². The van der Waals surface area contributed by atoms with Crippen molar-refractivity contribution in [3.63, 3.8) is 0 Å². The Morgan fingerprint density at radius 3 is 2.49 bits per heavy atom. The second-order valence-corrected chi connectivity index (χ2v) is 11.0. The third-order valence-corrected chi connectivity index (χ3v) is 8.72. The van der Waals surface area contributed by atoms with Gasteiger partial charge in [-0.05, 0) is 36.2 Å². The number of hydrogen-bond acceptors (Lipinski definition) is 8. The molecular formula is C31H28F2N4O4. The number of methoxy groups -OCH3 is 1. The van der Waals surface area contributed by atoms with Crippen molar-refractivity contribution in [3.8, 4) is 23.8 Å². The molecule has 0 spiro atoms. The van der Waals surface area contributed by atoms with Crippen LogP contribution < -0.4 is 9.47 Å². The minimum Gasteiger partial charge on any atom is -0.481 e. The van der Waals surface area contributed by atoms with Crippen LogP contribution in [0.1, 0.15) is 46.7 Å². The molecule has 2 aromatic carbocycles.